The Morgan fingerprint density at radius 1 is 0.788 bits per heavy atom. The van der Waals surface area contributed by atoms with Crippen LogP contribution < -0.4 is 0 Å². The molecule has 0 heterocycles. The number of carbonyl (C=O) groups excluding carboxylic acids is 3. The van der Waals surface area contributed by atoms with Crippen molar-refractivity contribution < 1.29 is 33.3 Å². The van der Waals surface area contributed by atoms with Gasteiger partial charge >= 0.3 is 17.9 Å². The highest BCUT2D eigenvalue weighted by Gasteiger charge is 2.09. The van der Waals surface area contributed by atoms with E-state index in [1.165, 1.54) is 11.6 Å². The fourth-order valence-corrected chi connectivity index (χ4v) is 2.84. The smallest absolute Gasteiger partial charge is 0.330 e. The summed E-state index contributed by atoms with van der Waals surface area (Å²) < 4.78 is 20.3. The van der Waals surface area contributed by atoms with Crippen molar-refractivity contribution in [1.82, 2.24) is 0 Å². The first-order valence-corrected chi connectivity index (χ1v) is 10.6. The van der Waals surface area contributed by atoms with Crippen LogP contribution in [0.4, 0.5) is 0 Å². The zero-order chi connectivity index (χ0) is 23.9. The van der Waals surface area contributed by atoms with Gasteiger partial charge in [0.15, 0.2) is 0 Å². The number of rotatable bonds is 13. The standard InChI is InChI=1S/C26H28O7/c1-3-24(27)31-17-5-16-30-23-13-11-22(12-14-23)21-9-6-20(7-10-21)8-15-26(29)33-19-18-32-25(28)4-2/h3-4,6-11,13,15H,1-2,5,12,14,16-19H2/b15-8+. The van der Waals surface area contributed by atoms with E-state index in [1.807, 2.05) is 36.4 Å². The first-order valence-electron chi connectivity index (χ1n) is 10.6. The summed E-state index contributed by atoms with van der Waals surface area (Å²) in [4.78, 5) is 33.6. The molecule has 7 nitrogen and oxygen atoms in total. The van der Waals surface area contributed by atoms with Crippen LogP contribution in [0.25, 0.3) is 11.6 Å². The zero-order valence-electron chi connectivity index (χ0n) is 18.5. The highest BCUT2D eigenvalue weighted by atomic mass is 16.6. The second-order valence-corrected chi connectivity index (χ2v) is 6.89. The number of ether oxygens (including phenoxy) is 4. The largest absolute Gasteiger partial charge is 0.498 e. The quantitative estimate of drug-likeness (QED) is 0.192. The molecule has 0 saturated heterocycles. The molecular weight excluding hydrogens is 424 g/mol. The Hall–Kier alpha value is -3.87. The molecule has 0 aromatic heterocycles. The van der Waals surface area contributed by atoms with Gasteiger partial charge in [0.25, 0.3) is 0 Å². The maximum absolute atomic E-state index is 11.7. The van der Waals surface area contributed by atoms with E-state index in [2.05, 4.69) is 13.2 Å². The molecule has 0 spiro atoms. The van der Waals surface area contributed by atoms with Gasteiger partial charge in [-0.3, -0.25) is 0 Å². The van der Waals surface area contributed by atoms with E-state index in [1.54, 1.807) is 6.08 Å². The van der Waals surface area contributed by atoms with Crippen LogP contribution in [0.2, 0.25) is 0 Å². The lowest BCUT2D eigenvalue weighted by Crippen LogP contribution is -2.11. The number of hydrogen-bond donors (Lipinski definition) is 0. The Morgan fingerprint density at radius 3 is 2.03 bits per heavy atom. The van der Waals surface area contributed by atoms with Gasteiger partial charge in [-0.25, -0.2) is 14.4 Å². The Labute approximate surface area is 193 Å². The van der Waals surface area contributed by atoms with Crippen LogP contribution in [-0.2, 0) is 33.3 Å². The predicted molar refractivity (Wildman–Crippen MR) is 125 cm³/mol. The third-order valence-electron chi connectivity index (χ3n) is 4.53. The summed E-state index contributed by atoms with van der Waals surface area (Å²) >= 11 is 0. The van der Waals surface area contributed by atoms with Gasteiger partial charge in [-0.1, -0.05) is 43.5 Å². The molecular formula is C26H28O7. The van der Waals surface area contributed by atoms with Crippen LogP contribution in [-0.4, -0.2) is 44.3 Å². The van der Waals surface area contributed by atoms with Crippen molar-refractivity contribution in [2.75, 3.05) is 26.4 Å². The first-order chi connectivity index (χ1) is 16.0. The molecule has 7 heteroatoms. The van der Waals surface area contributed by atoms with Gasteiger partial charge < -0.3 is 18.9 Å². The summed E-state index contributed by atoms with van der Waals surface area (Å²) in [5.41, 5.74) is 3.17. The molecule has 0 aliphatic heterocycles. The zero-order valence-corrected chi connectivity index (χ0v) is 18.5. The normalized spacial score (nSPS) is 12.8. The van der Waals surface area contributed by atoms with E-state index in [-0.39, 0.29) is 13.2 Å². The Bertz CT molecular complexity index is 936. The maximum Gasteiger partial charge on any atom is 0.330 e. The fraction of sp³-hybridized carbons (Fsp3) is 0.269. The molecule has 33 heavy (non-hydrogen) atoms. The summed E-state index contributed by atoms with van der Waals surface area (Å²) in [5.74, 6) is -0.589. The minimum atomic E-state index is -0.558. The van der Waals surface area contributed by atoms with Gasteiger partial charge in [-0.05, 0) is 35.3 Å². The average Bonchev–Trinajstić information content (AvgIpc) is 2.85. The van der Waals surface area contributed by atoms with Crippen LogP contribution >= 0.6 is 0 Å². The molecule has 1 aromatic rings. The molecule has 1 aromatic carbocycles. The van der Waals surface area contributed by atoms with Crippen LogP contribution in [0.1, 0.15) is 30.4 Å². The Morgan fingerprint density at radius 2 is 1.42 bits per heavy atom. The van der Waals surface area contributed by atoms with Crippen LogP contribution in [0.3, 0.4) is 0 Å². The lowest BCUT2D eigenvalue weighted by Gasteiger charge is -2.16. The van der Waals surface area contributed by atoms with Crippen LogP contribution in [0.5, 0.6) is 0 Å². The summed E-state index contributed by atoms with van der Waals surface area (Å²) in [5, 5.41) is 0. The van der Waals surface area contributed by atoms with Crippen molar-refractivity contribution in [2.45, 2.75) is 19.3 Å². The van der Waals surface area contributed by atoms with Crippen molar-refractivity contribution in [3.8, 4) is 0 Å². The minimum absolute atomic E-state index is 0.0133. The lowest BCUT2D eigenvalue weighted by molar-refractivity contribution is -0.145. The average molecular weight is 453 g/mol. The molecule has 0 saturated carbocycles. The second kappa shape index (κ2) is 14.2. The van der Waals surface area contributed by atoms with Crippen molar-refractivity contribution in [3.63, 3.8) is 0 Å². The molecule has 0 atom stereocenters. The van der Waals surface area contributed by atoms with Crippen molar-refractivity contribution in [1.29, 1.82) is 0 Å². The van der Waals surface area contributed by atoms with E-state index >= 15 is 0 Å². The van der Waals surface area contributed by atoms with Crippen molar-refractivity contribution in [3.05, 3.63) is 84.7 Å². The maximum atomic E-state index is 11.7. The summed E-state index contributed by atoms with van der Waals surface area (Å²) in [7, 11) is 0. The summed E-state index contributed by atoms with van der Waals surface area (Å²) in [6.45, 7) is 7.39. The molecule has 0 radical (unpaired) electrons. The molecule has 0 amide bonds. The first kappa shape index (κ1) is 25.4. The molecule has 2 rings (SSSR count). The highest BCUT2D eigenvalue weighted by Crippen LogP contribution is 2.27. The predicted octanol–water partition coefficient (Wildman–Crippen LogP) is 4.17. The number of allylic oxidation sites excluding steroid dienone is 4. The Balaban J connectivity index is 1.75. The summed E-state index contributed by atoms with van der Waals surface area (Å²) in [6, 6.07) is 7.84. The molecule has 0 fully saturated rings. The van der Waals surface area contributed by atoms with Crippen LogP contribution in [0.15, 0.2) is 73.6 Å². The third kappa shape index (κ3) is 9.86. The molecule has 1 aliphatic carbocycles. The monoisotopic (exact) mass is 452 g/mol. The topological polar surface area (TPSA) is 88.1 Å². The molecule has 0 bridgehead atoms. The van der Waals surface area contributed by atoms with E-state index in [0.29, 0.717) is 19.6 Å². The van der Waals surface area contributed by atoms with Crippen molar-refractivity contribution in [2.24, 2.45) is 0 Å². The van der Waals surface area contributed by atoms with Gasteiger partial charge in [-0.15, -0.1) is 0 Å². The van der Waals surface area contributed by atoms with Gasteiger partial charge in [0, 0.05) is 31.1 Å². The number of esters is 3. The number of hydrogen-bond acceptors (Lipinski definition) is 7. The van der Waals surface area contributed by atoms with Gasteiger partial charge in [0.05, 0.1) is 19.0 Å². The highest BCUT2D eigenvalue weighted by molar-refractivity contribution is 5.87. The van der Waals surface area contributed by atoms with E-state index in [4.69, 9.17) is 18.9 Å². The van der Waals surface area contributed by atoms with Crippen molar-refractivity contribution >= 4 is 29.6 Å². The fourth-order valence-electron chi connectivity index (χ4n) is 2.84. The van der Waals surface area contributed by atoms with E-state index < -0.39 is 17.9 Å². The Kier molecular flexibility index (Phi) is 11.0. The summed E-state index contributed by atoms with van der Waals surface area (Å²) in [6.07, 6.45) is 11.5. The van der Waals surface area contributed by atoms with Gasteiger partial charge in [0.1, 0.15) is 13.2 Å². The number of carbonyl (C=O) groups is 3. The molecule has 174 valence electrons. The molecule has 0 N–H and O–H groups in total. The van der Waals surface area contributed by atoms with E-state index in [0.717, 1.165) is 41.9 Å². The third-order valence-corrected chi connectivity index (χ3v) is 4.53. The second-order valence-electron chi connectivity index (χ2n) is 6.89. The molecule has 0 unspecified atom stereocenters. The van der Waals surface area contributed by atoms with Gasteiger partial charge in [0.2, 0.25) is 0 Å². The molecule has 1 aliphatic rings. The lowest BCUT2D eigenvalue weighted by atomic mass is 9.96. The number of benzene rings is 1. The van der Waals surface area contributed by atoms with Crippen LogP contribution in [0, 0.1) is 0 Å². The minimum Gasteiger partial charge on any atom is -0.498 e. The SMILES string of the molecule is C=CC(=O)OCCCOC1=CC=C(c2ccc(/C=C/C(=O)OCCOC(=O)C=C)cc2)CC1. The van der Waals surface area contributed by atoms with E-state index in [9.17, 15) is 14.4 Å². The van der Waals surface area contributed by atoms with Gasteiger partial charge in [-0.2, -0.15) is 0 Å².